The highest BCUT2D eigenvalue weighted by atomic mass is 32.2. The van der Waals surface area contributed by atoms with Crippen LogP contribution < -0.4 is 5.32 Å². The van der Waals surface area contributed by atoms with Gasteiger partial charge in [-0.05, 0) is 24.6 Å². The number of hydrogen-bond acceptors (Lipinski definition) is 4. The lowest BCUT2D eigenvalue weighted by Crippen LogP contribution is -2.16. The first-order valence-electron chi connectivity index (χ1n) is 7.95. The van der Waals surface area contributed by atoms with Gasteiger partial charge in [0.05, 0.1) is 18.0 Å². The molecule has 1 heterocycles. The minimum atomic E-state index is -1.63. The van der Waals surface area contributed by atoms with Gasteiger partial charge >= 0.3 is 0 Å². The molecule has 0 radical (unpaired) electrons. The van der Waals surface area contributed by atoms with E-state index in [0.29, 0.717) is 17.5 Å². The number of rotatable bonds is 6. The third kappa shape index (κ3) is 4.48. The van der Waals surface area contributed by atoms with Crippen LogP contribution in [-0.2, 0) is 11.3 Å². The summed E-state index contributed by atoms with van der Waals surface area (Å²) in [5, 5.41) is 10.8. The van der Waals surface area contributed by atoms with Gasteiger partial charge in [-0.1, -0.05) is 42.1 Å². The van der Waals surface area contributed by atoms with Crippen molar-refractivity contribution in [2.45, 2.75) is 18.6 Å². The van der Waals surface area contributed by atoms with Crippen LogP contribution in [0.25, 0.3) is 0 Å². The maximum absolute atomic E-state index is 13.6. The van der Waals surface area contributed by atoms with Gasteiger partial charge in [0.15, 0.2) is 22.6 Å². The Labute approximate surface area is 157 Å². The van der Waals surface area contributed by atoms with Crippen LogP contribution in [0.5, 0.6) is 0 Å². The molecule has 0 fully saturated rings. The molecule has 27 heavy (non-hydrogen) atoms. The molecule has 0 aliphatic rings. The molecule has 3 aromatic rings. The molecule has 1 aromatic heterocycles. The molecule has 0 aliphatic carbocycles. The number of amides is 1. The molecule has 3 rings (SSSR count). The average Bonchev–Trinajstić information content (AvgIpc) is 3.01. The van der Waals surface area contributed by atoms with Crippen molar-refractivity contribution in [2.24, 2.45) is 0 Å². The van der Waals surface area contributed by atoms with Gasteiger partial charge in [0, 0.05) is 0 Å². The quantitative estimate of drug-likeness (QED) is 0.512. The highest BCUT2D eigenvalue weighted by Gasteiger charge is 2.16. The minimum absolute atomic E-state index is 0.0919. The number of nitrogens with one attached hydrogen (secondary N) is 1. The summed E-state index contributed by atoms with van der Waals surface area (Å²) in [5.74, 6) is -4.35. The molecule has 0 bridgehead atoms. The largest absolute Gasteiger partial charge is 0.323 e. The molecule has 0 aliphatic heterocycles. The lowest BCUT2D eigenvalue weighted by Gasteiger charge is -2.09. The van der Waals surface area contributed by atoms with Crippen LogP contribution >= 0.6 is 11.8 Å². The molecule has 140 valence electrons. The van der Waals surface area contributed by atoms with Gasteiger partial charge in [0.2, 0.25) is 5.91 Å². The van der Waals surface area contributed by atoms with E-state index in [-0.39, 0.29) is 5.75 Å². The number of carbonyl (C=O) groups excluding carboxylic acids is 1. The lowest BCUT2D eigenvalue weighted by molar-refractivity contribution is -0.113. The smallest absolute Gasteiger partial charge is 0.234 e. The van der Waals surface area contributed by atoms with Crippen molar-refractivity contribution >= 4 is 23.4 Å². The molecule has 2 aromatic carbocycles. The number of hydrogen-bond donors (Lipinski definition) is 1. The molecular weight excluding hydrogens is 377 g/mol. The van der Waals surface area contributed by atoms with Crippen molar-refractivity contribution in [3.05, 3.63) is 71.3 Å². The summed E-state index contributed by atoms with van der Waals surface area (Å²) in [6.07, 6.45) is 0. The second-order valence-electron chi connectivity index (χ2n) is 5.66. The van der Waals surface area contributed by atoms with Crippen molar-refractivity contribution < 1.29 is 18.0 Å². The van der Waals surface area contributed by atoms with Gasteiger partial charge in [-0.2, -0.15) is 0 Å². The van der Waals surface area contributed by atoms with Crippen molar-refractivity contribution in [1.82, 2.24) is 14.8 Å². The highest BCUT2D eigenvalue weighted by Crippen LogP contribution is 2.22. The van der Waals surface area contributed by atoms with Crippen LogP contribution in [-0.4, -0.2) is 26.4 Å². The minimum Gasteiger partial charge on any atom is -0.323 e. The molecule has 5 nitrogen and oxygen atoms in total. The first-order valence-corrected chi connectivity index (χ1v) is 8.94. The molecule has 0 saturated carbocycles. The SMILES string of the molecule is Cc1nnc(SCC(=O)Nc2ccc(F)c(F)c2F)n1Cc1ccccc1. The van der Waals surface area contributed by atoms with E-state index in [1.54, 1.807) is 6.92 Å². The predicted molar refractivity (Wildman–Crippen MR) is 96.0 cm³/mol. The van der Waals surface area contributed by atoms with E-state index in [0.717, 1.165) is 29.5 Å². The van der Waals surface area contributed by atoms with E-state index in [4.69, 9.17) is 0 Å². The summed E-state index contributed by atoms with van der Waals surface area (Å²) in [6.45, 7) is 2.35. The molecule has 0 unspecified atom stereocenters. The summed E-state index contributed by atoms with van der Waals surface area (Å²) in [4.78, 5) is 12.0. The molecule has 0 spiro atoms. The highest BCUT2D eigenvalue weighted by molar-refractivity contribution is 7.99. The van der Waals surface area contributed by atoms with Crippen LogP contribution in [0.4, 0.5) is 18.9 Å². The number of aryl methyl sites for hydroxylation is 1. The third-order valence-electron chi connectivity index (χ3n) is 3.73. The fourth-order valence-corrected chi connectivity index (χ4v) is 3.14. The van der Waals surface area contributed by atoms with Gasteiger partial charge in [0.1, 0.15) is 5.82 Å². The average molecular weight is 392 g/mol. The number of aromatic nitrogens is 3. The monoisotopic (exact) mass is 392 g/mol. The van der Waals surface area contributed by atoms with Crippen LogP contribution in [0, 0.1) is 24.4 Å². The fourth-order valence-electron chi connectivity index (χ4n) is 2.36. The Balaban J connectivity index is 1.65. The number of halogens is 3. The van der Waals surface area contributed by atoms with E-state index in [2.05, 4.69) is 15.5 Å². The zero-order valence-electron chi connectivity index (χ0n) is 14.2. The maximum Gasteiger partial charge on any atom is 0.234 e. The van der Waals surface area contributed by atoms with Crippen molar-refractivity contribution in [1.29, 1.82) is 0 Å². The topological polar surface area (TPSA) is 59.8 Å². The summed E-state index contributed by atoms with van der Waals surface area (Å²) >= 11 is 1.11. The maximum atomic E-state index is 13.6. The number of anilines is 1. The normalized spacial score (nSPS) is 10.8. The Morgan fingerprint density at radius 2 is 1.81 bits per heavy atom. The van der Waals surface area contributed by atoms with Crippen molar-refractivity contribution in [3.8, 4) is 0 Å². The second kappa shape index (κ2) is 8.26. The summed E-state index contributed by atoms with van der Waals surface area (Å²) in [6, 6.07) is 11.4. The Hall–Kier alpha value is -2.81. The van der Waals surface area contributed by atoms with Crippen LogP contribution in [0.1, 0.15) is 11.4 Å². The molecule has 9 heteroatoms. The zero-order chi connectivity index (χ0) is 19.4. The molecular formula is C18H15F3N4OS. The summed E-state index contributed by atoms with van der Waals surface area (Å²) in [7, 11) is 0. The van der Waals surface area contributed by atoms with E-state index in [9.17, 15) is 18.0 Å². The van der Waals surface area contributed by atoms with E-state index < -0.39 is 29.0 Å². The van der Waals surface area contributed by atoms with Gasteiger partial charge in [-0.3, -0.25) is 4.79 Å². The van der Waals surface area contributed by atoms with Gasteiger partial charge in [-0.15, -0.1) is 10.2 Å². The second-order valence-corrected chi connectivity index (χ2v) is 6.60. The molecule has 1 N–H and O–H groups in total. The predicted octanol–water partition coefficient (Wildman–Crippen LogP) is 3.78. The van der Waals surface area contributed by atoms with E-state index >= 15 is 0 Å². The third-order valence-corrected chi connectivity index (χ3v) is 4.69. The standard InChI is InChI=1S/C18H15F3N4OS/c1-11-23-24-18(25(11)9-12-5-3-2-4-6-12)27-10-15(26)22-14-8-7-13(19)16(20)17(14)21/h2-8H,9-10H2,1H3,(H,22,26). The van der Waals surface area contributed by atoms with Gasteiger partial charge in [0.25, 0.3) is 0 Å². The molecule has 1 amide bonds. The Kier molecular flexibility index (Phi) is 5.80. The lowest BCUT2D eigenvalue weighted by atomic mass is 10.2. The first-order chi connectivity index (χ1) is 13.0. The number of thioether (sulfide) groups is 1. The van der Waals surface area contributed by atoms with Gasteiger partial charge < -0.3 is 9.88 Å². The van der Waals surface area contributed by atoms with E-state index in [1.807, 2.05) is 34.9 Å². The number of nitrogens with zero attached hydrogens (tertiary/aromatic N) is 3. The Bertz CT molecular complexity index is 963. The van der Waals surface area contributed by atoms with E-state index in [1.165, 1.54) is 0 Å². The van der Waals surface area contributed by atoms with Crippen LogP contribution in [0.3, 0.4) is 0 Å². The zero-order valence-corrected chi connectivity index (χ0v) is 15.1. The fraction of sp³-hybridized carbons (Fsp3) is 0.167. The summed E-state index contributed by atoms with van der Waals surface area (Å²) < 4.78 is 41.7. The number of carbonyl (C=O) groups is 1. The Morgan fingerprint density at radius 1 is 1.07 bits per heavy atom. The molecule has 0 atom stereocenters. The van der Waals surface area contributed by atoms with Crippen molar-refractivity contribution in [3.63, 3.8) is 0 Å². The van der Waals surface area contributed by atoms with Gasteiger partial charge in [-0.25, -0.2) is 13.2 Å². The number of benzene rings is 2. The Morgan fingerprint density at radius 3 is 2.56 bits per heavy atom. The van der Waals surface area contributed by atoms with Crippen LogP contribution in [0.15, 0.2) is 47.6 Å². The van der Waals surface area contributed by atoms with Crippen molar-refractivity contribution in [2.75, 3.05) is 11.1 Å². The van der Waals surface area contributed by atoms with Crippen LogP contribution in [0.2, 0.25) is 0 Å². The summed E-state index contributed by atoms with van der Waals surface area (Å²) in [5.41, 5.74) is 0.636. The molecule has 0 saturated heterocycles. The first kappa shape index (κ1) is 19.0.